The van der Waals surface area contributed by atoms with Gasteiger partial charge >= 0.3 is 0 Å². The quantitative estimate of drug-likeness (QED) is 0.707. The van der Waals surface area contributed by atoms with E-state index in [0.29, 0.717) is 11.3 Å². The van der Waals surface area contributed by atoms with Crippen molar-refractivity contribution in [3.05, 3.63) is 83.0 Å². The van der Waals surface area contributed by atoms with Gasteiger partial charge in [0.1, 0.15) is 5.82 Å². The molecule has 0 radical (unpaired) electrons. The maximum absolute atomic E-state index is 12.2. The molecule has 0 saturated heterocycles. The number of amides is 1. The van der Waals surface area contributed by atoms with Crippen LogP contribution in [-0.2, 0) is 0 Å². The van der Waals surface area contributed by atoms with Gasteiger partial charge in [0.05, 0.1) is 11.9 Å². The van der Waals surface area contributed by atoms with E-state index in [2.05, 4.69) is 47.7 Å². The second-order valence-electron chi connectivity index (χ2n) is 6.25. The highest BCUT2D eigenvalue weighted by molar-refractivity contribution is 6.04. The first-order valence-electron chi connectivity index (χ1n) is 8.19. The van der Waals surface area contributed by atoms with Gasteiger partial charge in [0.15, 0.2) is 0 Å². The fourth-order valence-corrected chi connectivity index (χ4v) is 2.64. The summed E-state index contributed by atoms with van der Waals surface area (Å²) in [6, 6.07) is 17.4. The Morgan fingerprint density at radius 1 is 0.800 bits per heavy atom. The lowest BCUT2D eigenvalue weighted by Gasteiger charge is -2.09. The summed E-state index contributed by atoms with van der Waals surface area (Å²) in [5.41, 5.74) is 5.81. The summed E-state index contributed by atoms with van der Waals surface area (Å²) in [7, 11) is 0. The smallest absolute Gasteiger partial charge is 0.255 e. The van der Waals surface area contributed by atoms with Crippen LogP contribution in [0.25, 0.3) is 0 Å². The lowest BCUT2D eigenvalue weighted by atomic mass is 10.1. The largest absolute Gasteiger partial charge is 0.340 e. The molecule has 0 fully saturated rings. The molecule has 0 aliphatic heterocycles. The Labute approximate surface area is 147 Å². The Bertz CT molecular complexity index is 864. The number of hydrogen-bond acceptors (Lipinski definition) is 3. The van der Waals surface area contributed by atoms with E-state index < -0.39 is 0 Å². The number of anilines is 3. The Morgan fingerprint density at radius 3 is 2.08 bits per heavy atom. The molecule has 0 bridgehead atoms. The number of benzene rings is 2. The first kappa shape index (κ1) is 16.7. The first-order valence-corrected chi connectivity index (χ1v) is 8.19. The monoisotopic (exact) mass is 331 g/mol. The third kappa shape index (κ3) is 4.44. The van der Waals surface area contributed by atoms with Crippen molar-refractivity contribution in [2.75, 3.05) is 10.6 Å². The van der Waals surface area contributed by atoms with E-state index in [0.717, 1.165) is 17.1 Å². The molecule has 3 aromatic rings. The van der Waals surface area contributed by atoms with Gasteiger partial charge in [0.2, 0.25) is 0 Å². The maximum Gasteiger partial charge on any atom is 0.255 e. The van der Waals surface area contributed by atoms with Crippen LogP contribution in [0.4, 0.5) is 17.2 Å². The van der Waals surface area contributed by atoms with E-state index >= 15 is 0 Å². The molecule has 25 heavy (non-hydrogen) atoms. The minimum absolute atomic E-state index is 0.142. The second-order valence-corrected chi connectivity index (χ2v) is 6.25. The van der Waals surface area contributed by atoms with Gasteiger partial charge in [-0.2, -0.15) is 0 Å². The van der Waals surface area contributed by atoms with Gasteiger partial charge in [0.25, 0.3) is 5.91 Å². The summed E-state index contributed by atoms with van der Waals surface area (Å²) in [4.78, 5) is 16.6. The summed E-state index contributed by atoms with van der Waals surface area (Å²) in [5.74, 6) is 0.593. The van der Waals surface area contributed by atoms with Gasteiger partial charge in [-0.3, -0.25) is 4.79 Å². The van der Waals surface area contributed by atoms with Crippen molar-refractivity contribution in [2.24, 2.45) is 0 Å². The summed E-state index contributed by atoms with van der Waals surface area (Å²) < 4.78 is 0. The fraction of sp³-hybridized carbons (Fsp3) is 0.143. The summed E-state index contributed by atoms with van der Waals surface area (Å²) >= 11 is 0. The molecule has 3 rings (SSSR count). The van der Waals surface area contributed by atoms with Crippen LogP contribution in [0, 0.1) is 20.8 Å². The Morgan fingerprint density at radius 2 is 1.48 bits per heavy atom. The second kappa shape index (κ2) is 7.18. The van der Waals surface area contributed by atoms with Crippen LogP contribution < -0.4 is 10.6 Å². The number of rotatable bonds is 4. The van der Waals surface area contributed by atoms with Gasteiger partial charge in [-0.15, -0.1) is 0 Å². The normalized spacial score (nSPS) is 10.4. The third-order valence-corrected chi connectivity index (χ3v) is 3.83. The summed E-state index contributed by atoms with van der Waals surface area (Å²) in [6.07, 6.45) is 1.65. The number of carbonyl (C=O) groups is 1. The first-order chi connectivity index (χ1) is 12.0. The number of hydrogen-bond donors (Lipinski definition) is 2. The molecular weight excluding hydrogens is 310 g/mol. The zero-order valence-corrected chi connectivity index (χ0v) is 14.6. The SMILES string of the molecule is Cc1ccc(C(=O)Nc2ccc(Nc3cc(C)cc(C)c3)nc2)cc1. The molecule has 0 saturated carbocycles. The molecule has 0 spiro atoms. The van der Waals surface area contributed by atoms with Crippen LogP contribution in [0.15, 0.2) is 60.8 Å². The highest BCUT2D eigenvalue weighted by atomic mass is 16.1. The third-order valence-electron chi connectivity index (χ3n) is 3.83. The molecule has 0 aliphatic rings. The van der Waals surface area contributed by atoms with Gasteiger partial charge in [-0.25, -0.2) is 4.98 Å². The van der Waals surface area contributed by atoms with Crippen LogP contribution in [-0.4, -0.2) is 10.9 Å². The molecule has 4 heteroatoms. The van der Waals surface area contributed by atoms with Crippen molar-refractivity contribution in [1.82, 2.24) is 4.98 Å². The standard InChI is InChI=1S/C21H21N3O/c1-14-4-6-17(7-5-14)21(25)24-18-8-9-20(22-13-18)23-19-11-15(2)10-16(3)12-19/h4-13H,1-3H3,(H,22,23)(H,24,25). The molecule has 0 aliphatic carbocycles. The van der Waals surface area contributed by atoms with Crippen molar-refractivity contribution in [3.63, 3.8) is 0 Å². The van der Waals surface area contributed by atoms with Gasteiger partial charge in [-0.1, -0.05) is 23.8 Å². The zero-order chi connectivity index (χ0) is 17.8. The van der Waals surface area contributed by atoms with Crippen LogP contribution in [0.2, 0.25) is 0 Å². The average molecular weight is 331 g/mol. The van der Waals surface area contributed by atoms with Crippen LogP contribution in [0.5, 0.6) is 0 Å². The topological polar surface area (TPSA) is 54.0 Å². The van der Waals surface area contributed by atoms with Gasteiger partial charge in [0, 0.05) is 11.3 Å². The molecule has 0 atom stereocenters. The van der Waals surface area contributed by atoms with Crippen molar-refractivity contribution in [1.29, 1.82) is 0 Å². The van der Waals surface area contributed by atoms with E-state index in [9.17, 15) is 4.79 Å². The van der Waals surface area contributed by atoms with Crippen molar-refractivity contribution < 1.29 is 4.79 Å². The summed E-state index contributed by atoms with van der Waals surface area (Å²) in [6.45, 7) is 6.12. The number of nitrogens with zero attached hydrogens (tertiary/aromatic N) is 1. The fourth-order valence-electron chi connectivity index (χ4n) is 2.64. The molecular formula is C21H21N3O. The van der Waals surface area contributed by atoms with E-state index in [1.54, 1.807) is 6.20 Å². The molecule has 2 N–H and O–H groups in total. The van der Waals surface area contributed by atoms with Crippen molar-refractivity contribution in [3.8, 4) is 0 Å². The number of aryl methyl sites for hydroxylation is 3. The minimum Gasteiger partial charge on any atom is -0.340 e. The molecule has 0 unspecified atom stereocenters. The van der Waals surface area contributed by atoms with Crippen LogP contribution >= 0.6 is 0 Å². The lowest BCUT2D eigenvalue weighted by molar-refractivity contribution is 0.102. The highest BCUT2D eigenvalue weighted by Crippen LogP contribution is 2.19. The lowest BCUT2D eigenvalue weighted by Crippen LogP contribution is -2.12. The highest BCUT2D eigenvalue weighted by Gasteiger charge is 2.06. The molecule has 1 heterocycles. The number of pyridine rings is 1. The average Bonchev–Trinajstić information content (AvgIpc) is 2.56. The Balaban J connectivity index is 1.67. The van der Waals surface area contributed by atoms with Crippen molar-refractivity contribution >= 4 is 23.1 Å². The number of carbonyl (C=O) groups excluding carboxylic acids is 1. The van der Waals surface area contributed by atoms with Crippen LogP contribution in [0.3, 0.4) is 0 Å². The van der Waals surface area contributed by atoms with E-state index in [-0.39, 0.29) is 5.91 Å². The van der Waals surface area contributed by atoms with Crippen LogP contribution in [0.1, 0.15) is 27.0 Å². The van der Waals surface area contributed by atoms with Gasteiger partial charge < -0.3 is 10.6 Å². The maximum atomic E-state index is 12.2. The number of nitrogens with one attached hydrogen (secondary N) is 2. The Hall–Kier alpha value is -3.14. The number of aromatic nitrogens is 1. The molecule has 126 valence electrons. The summed E-state index contributed by atoms with van der Waals surface area (Å²) in [5, 5.41) is 6.14. The molecule has 1 aromatic heterocycles. The van der Waals surface area contributed by atoms with E-state index in [1.165, 1.54) is 11.1 Å². The molecule has 2 aromatic carbocycles. The minimum atomic E-state index is -0.142. The predicted molar refractivity (Wildman–Crippen MR) is 103 cm³/mol. The Kier molecular flexibility index (Phi) is 4.80. The zero-order valence-electron chi connectivity index (χ0n) is 14.6. The predicted octanol–water partition coefficient (Wildman–Crippen LogP) is 5.00. The molecule has 4 nitrogen and oxygen atoms in total. The van der Waals surface area contributed by atoms with E-state index in [4.69, 9.17) is 0 Å². The van der Waals surface area contributed by atoms with E-state index in [1.807, 2.05) is 43.3 Å². The van der Waals surface area contributed by atoms with Crippen molar-refractivity contribution in [2.45, 2.75) is 20.8 Å². The van der Waals surface area contributed by atoms with Gasteiger partial charge in [-0.05, 0) is 68.3 Å². The molecule has 1 amide bonds.